The van der Waals surface area contributed by atoms with Crippen molar-refractivity contribution in [2.75, 3.05) is 26.2 Å². The summed E-state index contributed by atoms with van der Waals surface area (Å²) in [6, 6.07) is 4.21. The van der Waals surface area contributed by atoms with E-state index in [1.165, 1.54) is 18.4 Å². The highest BCUT2D eigenvalue weighted by atomic mass is 16.2. The highest BCUT2D eigenvalue weighted by molar-refractivity contribution is 5.81. The summed E-state index contributed by atoms with van der Waals surface area (Å²) < 4.78 is 0. The van der Waals surface area contributed by atoms with Gasteiger partial charge in [-0.05, 0) is 63.2 Å². The Morgan fingerprint density at radius 1 is 1.43 bits per heavy atom. The van der Waals surface area contributed by atoms with Crippen molar-refractivity contribution in [2.45, 2.75) is 45.2 Å². The monoisotopic (exact) mass is 316 g/mol. The molecule has 23 heavy (non-hydrogen) atoms. The summed E-state index contributed by atoms with van der Waals surface area (Å²) in [4.78, 5) is 19.0. The van der Waals surface area contributed by atoms with Gasteiger partial charge in [-0.25, -0.2) is 0 Å². The SMILES string of the molecule is Cc1ncccc1CN1CCCC(CNC(=O)C2CCCN2)C1. The Labute approximate surface area is 138 Å². The van der Waals surface area contributed by atoms with E-state index in [2.05, 4.69) is 33.5 Å². The Bertz CT molecular complexity index is 528. The minimum atomic E-state index is 0.0349. The summed E-state index contributed by atoms with van der Waals surface area (Å²) >= 11 is 0. The first-order valence-electron chi connectivity index (χ1n) is 8.86. The number of likely N-dealkylation sites (tertiary alicyclic amines) is 1. The van der Waals surface area contributed by atoms with Crippen molar-refractivity contribution in [1.82, 2.24) is 20.5 Å². The zero-order chi connectivity index (χ0) is 16.1. The first-order chi connectivity index (χ1) is 11.2. The van der Waals surface area contributed by atoms with Crippen LogP contribution in [0.1, 0.15) is 36.9 Å². The van der Waals surface area contributed by atoms with Gasteiger partial charge < -0.3 is 10.6 Å². The third-order valence-corrected chi connectivity index (χ3v) is 5.06. The van der Waals surface area contributed by atoms with E-state index in [4.69, 9.17) is 0 Å². The molecule has 2 aliphatic rings. The lowest BCUT2D eigenvalue weighted by molar-refractivity contribution is -0.123. The van der Waals surface area contributed by atoms with E-state index in [-0.39, 0.29) is 11.9 Å². The smallest absolute Gasteiger partial charge is 0.237 e. The van der Waals surface area contributed by atoms with Crippen LogP contribution in [0, 0.1) is 12.8 Å². The fourth-order valence-electron chi connectivity index (χ4n) is 3.66. The molecule has 2 aliphatic heterocycles. The summed E-state index contributed by atoms with van der Waals surface area (Å²) in [5, 5.41) is 6.41. The molecule has 0 radical (unpaired) electrons. The summed E-state index contributed by atoms with van der Waals surface area (Å²) in [6.07, 6.45) is 6.36. The molecule has 5 heteroatoms. The average molecular weight is 316 g/mol. The maximum Gasteiger partial charge on any atom is 0.237 e. The fourth-order valence-corrected chi connectivity index (χ4v) is 3.66. The van der Waals surface area contributed by atoms with Gasteiger partial charge in [0.15, 0.2) is 0 Å². The normalized spacial score (nSPS) is 25.4. The topological polar surface area (TPSA) is 57.3 Å². The van der Waals surface area contributed by atoms with Crippen molar-refractivity contribution in [3.05, 3.63) is 29.6 Å². The first-order valence-corrected chi connectivity index (χ1v) is 8.86. The zero-order valence-electron chi connectivity index (χ0n) is 14.1. The molecule has 126 valence electrons. The van der Waals surface area contributed by atoms with E-state index in [0.29, 0.717) is 5.92 Å². The molecule has 0 aromatic carbocycles. The molecule has 3 rings (SSSR count). The van der Waals surface area contributed by atoms with Gasteiger partial charge in [0.05, 0.1) is 6.04 Å². The average Bonchev–Trinajstić information content (AvgIpc) is 3.10. The summed E-state index contributed by atoms with van der Waals surface area (Å²) in [7, 11) is 0. The number of pyridine rings is 1. The second-order valence-corrected chi connectivity index (χ2v) is 6.89. The number of nitrogens with zero attached hydrogens (tertiary/aromatic N) is 2. The Hall–Kier alpha value is -1.46. The minimum Gasteiger partial charge on any atom is -0.354 e. The molecule has 0 bridgehead atoms. The van der Waals surface area contributed by atoms with Gasteiger partial charge in [-0.3, -0.25) is 14.7 Å². The summed E-state index contributed by atoms with van der Waals surface area (Å²) in [5.41, 5.74) is 2.43. The van der Waals surface area contributed by atoms with E-state index in [9.17, 15) is 4.79 Å². The molecule has 1 aromatic rings. The molecule has 2 atom stereocenters. The highest BCUT2D eigenvalue weighted by Crippen LogP contribution is 2.19. The molecule has 0 aliphatic carbocycles. The molecule has 2 unspecified atom stereocenters. The Balaban J connectivity index is 1.46. The summed E-state index contributed by atoms with van der Waals surface area (Å²) in [6.45, 7) is 7.02. The standard InChI is InChI=1S/C18H28N4O/c1-14-16(6-2-8-19-14)13-22-10-4-5-15(12-22)11-21-18(23)17-7-3-9-20-17/h2,6,8,15,17,20H,3-5,7,9-13H2,1H3,(H,21,23). The van der Waals surface area contributed by atoms with Crippen LogP contribution in [0.15, 0.2) is 18.3 Å². The second-order valence-electron chi connectivity index (χ2n) is 6.89. The molecular weight excluding hydrogens is 288 g/mol. The maximum atomic E-state index is 12.1. The number of aryl methyl sites for hydroxylation is 1. The molecule has 0 saturated carbocycles. The second kappa shape index (κ2) is 7.88. The van der Waals surface area contributed by atoms with Crippen LogP contribution in [0.25, 0.3) is 0 Å². The van der Waals surface area contributed by atoms with Gasteiger partial charge in [-0.1, -0.05) is 6.07 Å². The van der Waals surface area contributed by atoms with Gasteiger partial charge in [0.25, 0.3) is 0 Å². The van der Waals surface area contributed by atoms with Crippen molar-refractivity contribution >= 4 is 5.91 Å². The van der Waals surface area contributed by atoms with Gasteiger partial charge in [0.1, 0.15) is 0 Å². The van der Waals surface area contributed by atoms with Gasteiger partial charge >= 0.3 is 0 Å². The van der Waals surface area contributed by atoms with Crippen LogP contribution in [-0.2, 0) is 11.3 Å². The Kier molecular flexibility index (Phi) is 5.62. The number of carbonyl (C=O) groups is 1. The molecule has 1 aromatic heterocycles. The van der Waals surface area contributed by atoms with Crippen molar-refractivity contribution in [1.29, 1.82) is 0 Å². The van der Waals surface area contributed by atoms with Crippen molar-refractivity contribution < 1.29 is 4.79 Å². The number of aromatic nitrogens is 1. The van der Waals surface area contributed by atoms with Crippen molar-refractivity contribution in [3.8, 4) is 0 Å². The largest absolute Gasteiger partial charge is 0.354 e. The third-order valence-electron chi connectivity index (χ3n) is 5.06. The molecule has 5 nitrogen and oxygen atoms in total. The number of hydrogen-bond acceptors (Lipinski definition) is 4. The number of carbonyl (C=O) groups excluding carboxylic acids is 1. The van der Waals surface area contributed by atoms with Crippen LogP contribution in [0.3, 0.4) is 0 Å². The molecule has 2 saturated heterocycles. The quantitative estimate of drug-likeness (QED) is 0.864. The van der Waals surface area contributed by atoms with Gasteiger partial charge in [-0.2, -0.15) is 0 Å². The van der Waals surface area contributed by atoms with Crippen LogP contribution in [0.2, 0.25) is 0 Å². The van der Waals surface area contributed by atoms with E-state index in [0.717, 1.165) is 51.3 Å². The lowest BCUT2D eigenvalue weighted by Crippen LogP contribution is -2.45. The van der Waals surface area contributed by atoms with Crippen LogP contribution < -0.4 is 10.6 Å². The summed E-state index contributed by atoms with van der Waals surface area (Å²) in [5.74, 6) is 0.744. The predicted octanol–water partition coefficient (Wildman–Crippen LogP) is 1.47. The predicted molar refractivity (Wildman–Crippen MR) is 91.0 cm³/mol. The number of amides is 1. The minimum absolute atomic E-state index is 0.0349. The molecule has 1 amide bonds. The lowest BCUT2D eigenvalue weighted by Gasteiger charge is -2.33. The van der Waals surface area contributed by atoms with Crippen molar-refractivity contribution in [2.24, 2.45) is 5.92 Å². The third kappa shape index (κ3) is 4.52. The molecule has 2 N–H and O–H groups in total. The van der Waals surface area contributed by atoms with Crippen LogP contribution in [-0.4, -0.2) is 48.0 Å². The van der Waals surface area contributed by atoms with Gasteiger partial charge in [-0.15, -0.1) is 0 Å². The van der Waals surface area contributed by atoms with Crippen LogP contribution in [0.4, 0.5) is 0 Å². The van der Waals surface area contributed by atoms with Crippen molar-refractivity contribution in [3.63, 3.8) is 0 Å². The lowest BCUT2D eigenvalue weighted by atomic mass is 9.97. The number of hydrogen-bond donors (Lipinski definition) is 2. The van der Waals surface area contributed by atoms with Gasteiger partial charge in [0.2, 0.25) is 5.91 Å². The first kappa shape index (κ1) is 16.4. The Morgan fingerprint density at radius 2 is 2.35 bits per heavy atom. The van der Waals surface area contributed by atoms with Crippen LogP contribution >= 0.6 is 0 Å². The molecule has 3 heterocycles. The molecule has 2 fully saturated rings. The molecular formula is C18H28N4O. The molecule has 0 spiro atoms. The maximum absolute atomic E-state index is 12.1. The fraction of sp³-hybridized carbons (Fsp3) is 0.667. The van der Waals surface area contributed by atoms with Crippen LogP contribution in [0.5, 0.6) is 0 Å². The number of rotatable bonds is 5. The van der Waals surface area contributed by atoms with E-state index < -0.39 is 0 Å². The van der Waals surface area contributed by atoms with E-state index in [1.807, 2.05) is 12.3 Å². The Morgan fingerprint density at radius 3 is 3.13 bits per heavy atom. The highest BCUT2D eigenvalue weighted by Gasteiger charge is 2.24. The van der Waals surface area contributed by atoms with E-state index in [1.54, 1.807) is 0 Å². The van der Waals surface area contributed by atoms with E-state index >= 15 is 0 Å². The number of piperidine rings is 1. The van der Waals surface area contributed by atoms with Gasteiger partial charge in [0, 0.05) is 31.5 Å². The zero-order valence-corrected chi connectivity index (χ0v) is 14.1. The number of nitrogens with one attached hydrogen (secondary N) is 2.